The summed E-state index contributed by atoms with van der Waals surface area (Å²) in [6.07, 6.45) is 5.38. The molecule has 0 aromatic heterocycles. The SMILES string of the molecule is CC#N.c1ccc2c(c1)CCCC2. The summed E-state index contributed by atoms with van der Waals surface area (Å²) in [4.78, 5) is 0. The van der Waals surface area contributed by atoms with E-state index in [9.17, 15) is 0 Å². The van der Waals surface area contributed by atoms with Gasteiger partial charge in [0, 0.05) is 6.92 Å². The Balaban J connectivity index is 0.000000251. The molecule has 1 aromatic carbocycles. The Morgan fingerprint density at radius 2 is 1.46 bits per heavy atom. The first-order valence-corrected chi connectivity index (χ1v) is 4.76. The minimum Gasteiger partial charge on any atom is -0.199 e. The number of fused-ring (bicyclic) bond motifs is 1. The van der Waals surface area contributed by atoms with Gasteiger partial charge in [-0.25, -0.2) is 0 Å². The van der Waals surface area contributed by atoms with Crippen LogP contribution in [-0.4, -0.2) is 0 Å². The maximum absolute atomic E-state index is 7.32. The van der Waals surface area contributed by atoms with E-state index in [4.69, 9.17) is 5.26 Å². The molecule has 0 saturated heterocycles. The first-order valence-electron chi connectivity index (χ1n) is 4.76. The van der Waals surface area contributed by atoms with Gasteiger partial charge in [-0.3, -0.25) is 0 Å². The Morgan fingerprint density at radius 1 is 1.08 bits per heavy atom. The van der Waals surface area contributed by atoms with Crippen LogP contribution in [0.2, 0.25) is 0 Å². The van der Waals surface area contributed by atoms with Gasteiger partial charge in [0.25, 0.3) is 0 Å². The highest BCUT2D eigenvalue weighted by Gasteiger charge is 2.05. The van der Waals surface area contributed by atoms with Crippen LogP contribution in [0.4, 0.5) is 0 Å². The molecule has 2 rings (SSSR count). The Hall–Kier alpha value is -1.29. The molecule has 0 saturated carbocycles. The molecule has 0 spiro atoms. The third kappa shape index (κ3) is 2.91. The summed E-state index contributed by atoms with van der Waals surface area (Å²) in [5.74, 6) is 0. The van der Waals surface area contributed by atoms with Crippen LogP contribution in [0.3, 0.4) is 0 Å². The van der Waals surface area contributed by atoms with Crippen molar-refractivity contribution in [3.8, 4) is 6.07 Å². The standard InChI is InChI=1S/C10H12.C2H3N/c1-2-6-10-8-4-3-7-9(10)5-1;1-2-3/h1-2,5-6H,3-4,7-8H2;1H3. The van der Waals surface area contributed by atoms with Crippen LogP contribution in [-0.2, 0) is 12.8 Å². The van der Waals surface area contributed by atoms with Crippen molar-refractivity contribution in [2.24, 2.45) is 0 Å². The molecular weight excluding hydrogens is 158 g/mol. The molecule has 1 aliphatic carbocycles. The van der Waals surface area contributed by atoms with E-state index in [1.165, 1.54) is 32.6 Å². The lowest BCUT2D eigenvalue weighted by molar-refractivity contribution is 0.685. The quantitative estimate of drug-likeness (QED) is 0.591. The van der Waals surface area contributed by atoms with Gasteiger partial charge >= 0.3 is 0 Å². The summed E-state index contributed by atoms with van der Waals surface area (Å²) < 4.78 is 0. The second kappa shape index (κ2) is 5.37. The summed E-state index contributed by atoms with van der Waals surface area (Å²) in [5.41, 5.74) is 3.16. The highest BCUT2D eigenvalue weighted by atomic mass is 14.2. The number of nitrogens with zero attached hydrogens (tertiary/aromatic N) is 1. The maximum atomic E-state index is 7.32. The van der Waals surface area contributed by atoms with Crippen LogP contribution in [0.5, 0.6) is 0 Å². The molecule has 1 nitrogen and oxygen atoms in total. The van der Waals surface area contributed by atoms with Crippen molar-refractivity contribution < 1.29 is 0 Å². The van der Waals surface area contributed by atoms with Crippen LogP contribution in [0.15, 0.2) is 24.3 Å². The molecule has 0 bridgehead atoms. The van der Waals surface area contributed by atoms with E-state index in [2.05, 4.69) is 24.3 Å². The molecule has 0 fully saturated rings. The first kappa shape index (κ1) is 9.80. The van der Waals surface area contributed by atoms with Gasteiger partial charge in [-0.15, -0.1) is 0 Å². The highest BCUT2D eigenvalue weighted by Crippen LogP contribution is 2.19. The van der Waals surface area contributed by atoms with Crippen LogP contribution in [0, 0.1) is 11.3 Å². The van der Waals surface area contributed by atoms with Gasteiger partial charge in [0.1, 0.15) is 0 Å². The monoisotopic (exact) mass is 173 g/mol. The van der Waals surface area contributed by atoms with Gasteiger partial charge in [-0.2, -0.15) is 5.26 Å². The molecule has 1 aliphatic rings. The molecule has 0 atom stereocenters. The Kier molecular flexibility index (Phi) is 4.05. The van der Waals surface area contributed by atoms with Crippen LogP contribution in [0.25, 0.3) is 0 Å². The van der Waals surface area contributed by atoms with E-state index in [1.807, 2.05) is 0 Å². The summed E-state index contributed by atoms with van der Waals surface area (Å²) in [7, 11) is 0. The summed E-state index contributed by atoms with van der Waals surface area (Å²) in [6.45, 7) is 1.43. The van der Waals surface area contributed by atoms with Crippen molar-refractivity contribution in [3.63, 3.8) is 0 Å². The fourth-order valence-electron chi connectivity index (χ4n) is 1.68. The van der Waals surface area contributed by atoms with E-state index < -0.39 is 0 Å². The zero-order valence-corrected chi connectivity index (χ0v) is 8.09. The summed E-state index contributed by atoms with van der Waals surface area (Å²) in [5, 5.41) is 7.32. The van der Waals surface area contributed by atoms with Gasteiger partial charge < -0.3 is 0 Å². The van der Waals surface area contributed by atoms with E-state index in [0.717, 1.165) is 0 Å². The molecule has 0 unspecified atom stereocenters. The predicted molar refractivity (Wildman–Crippen MR) is 54.4 cm³/mol. The molecular formula is C12H15N. The van der Waals surface area contributed by atoms with Crippen molar-refractivity contribution >= 4 is 0 Å². The van der Waals surface area contributed by atoms with E-state index in [1.54, 1.807) is 17.2 Å². The van der Waals surface area contributed by atoms with E-state index >= 15 is 0 Å². The largest absolute Gasteiger partial charge is 0.199 e. The topological polar surface area (TPSA) is 23.8 Å². The second-order valence-corrected chi connectivity index (χ2v) is 3.20. The number of hydrogen-bond acceptors (Lipinski definition) is 1. The highest BCUT2D eigenvalue weighted by molar-refractivity contribution is 5.28. The van der Waals surface area contributed by atoms with Crippen molar-refractivity contribution in [3.05, 3.63) is 35.4 Å². The number of hydrogen-bond donors (Lipinski definition) is 0. The van der Waals surface area contributed by atoms with Crippen LogP contribution < -0.4 is 0 Å². The second-order valence-electron chi connectivity index (χ2n) is 3.20. The molecule has 0 radical (unpaired) electrons. The number of nitriles is 1. The van der Waals surface area contributed by atoms with Crippen LogP contribution in [0.1, 0.15) is 30.9 Å². The molecule has 0 N–H and O–H groups in total. The van der Waals surface area contributed by atoms with Crippen LogP contribution >= 0.6 is 0 Å². The van der Waals surface area contributed by atoms with Crippen molar-refractivity contribution in [1.29, 1.82) is 5.26 Å². The summed E-state index contributed by atoms with van der Waals surface area (Å²) in [6, 6.07) is 10.6. The molecule has 13 heavy (non-hydrogen) atoms. The fraction of sp³-hybridized carbons (Fsp3) is 0.417. The van der Waals surface area contributed by atoms with Gasteiger partial charge in [0.05, 0.1) is 6.07 Å². The van der Waals surface area contributed by atoms with Gasteiger partial charge in [-0.1, -0.05) is 24.3 Å². The molecule has 0 amide bonds. The third-order valence-electron chi connectivity index (χ3n) is 2.26. The van der Waals surface area contributed by atoms with Crippen molar-refractivity contribution in [1.82, 2.24) is 0 Å². The lowest BCUT2D eigenvalue weighted by Crippen LogP contribution is -2.00. The number of aryl methyl sites for hydroxylation is 2. The van der Waals surface area contributed by atoms with Crippen molar-refractivity contribution in [2.45, 2.75) is 32.6 Å². The number of rotatable bonds is 0. The zero-order valence-electron chi connectivity index (χ0n) is 8.09. The minimum absolute atomic E-state index is 1.30. The van der Waals surface area contributed by atoms with E-state index in [0.29, 0.717) is 0 Å². The molecule has 1 aromatic rings. The smallest absolute Gasteiger partial charge is 0.0587 e. The number of benzene rings is 1. The fourth-order valence-corrected chi connectivity index (χ4v) is 1.68. The van der Waals surface area contributed by atoms with Gasteiger partial charge in [-0.05, 0) is 36.8 Å². The Bertz CT molecular complexity index is 271. The predicted octanol–water partition coefficient (Wildman–Crippen LogP) is 3.10. The molecule has 68 valence electrons. The third-order valence-corrected chi connectivity index (χ3v) is 2.26. The molecule has 0 aliphatic heterocycles. The van der Waals surface area contributed by atoms with Gasteiger partial charge in [0.15, 0.2) is 0 Å². The van der Waals surface area contributed by atoms with Gasteiger partial charge in [0.2, 0.25) is 0 Å². The lowest BCUT2D eigenvalue weighted by atomic mass is 9.92. The molecule has 1 heteroatoms. The molecule has 0 heterocycles. The average Bonchev–Trinajstić information content (AvgIpc) is 2.19. The average molecular weight is 173 g/mol. The Labute approximate surface area is 80.0 Å². The minimum atomic E-state index is 1.30. The maximum Gasteiger partial charge on any atom is 0.0587 e. The first-order chi connectivity index (χ1) is 6.38. The van der Waals surface area contributed by atoms with Crippen molar-refractivity contribution in [2.75, 3.05) is 0 Å². The zero-order chi connectivity index (χ0) is 9.52. The lowest BCUT2D eigenvalue weighted by Gasteiger charge is -2.13. The van der Waals surface area contributed by atoms with E-state index in [-0.39, 0.29) is 0 Å². The summed E-state index contributed by atoms with van der Waals surface area (Å²) >= 11 is 0. The Morgan fingerprint density at radius 3 is 1.85 bits per heavy atom. The normalized spacial score (nSPS) is 13.2.